The number of nitrogens with zero attached hydrogens (tertiary/aromatic N) is 4. The Hall–Kier alpha value is -2.97. The summed E-state index contributed by atoms with van der Waals surface area (Å²) in [5.74, 6) is 1.11. The van der Waals surface area contributed by atoms with Crippen LogP contribution in [0.15, 0.2) is 58.4 Å². The normalized spacial score (nSPS) is 18.3. The van der Waals surface area contributed by atoms with Crippen molar-refractivity contribution >= 4 is 51.7 Å². The Morgan fingerprint density at radius 1 is 1.11 bits per heavy atom. The van der Waals surface area contributed by atoms with Gasteiger partial charge in [0.2, 0.25) is 0 Å². The highest BCUT2D eigenvalue weighted by Gasteiger charge is 2.32. The van der Waals surface area contributed by atoms with Crippen LogP contribution < -0.4 is 10.5 Å². The third kappa shape index (κ3) is 4.65. The van der Waals surface area contributed by atoms with E-state index >= 15 is 0 Å². The predicted molar refractivity (Wildman–Crippen MR) is 147 cm³/mol. The van der Waals surface area contributed by atoms with Crippen LogP contribution in [0.2, 0.25) is 0 Å². The topological polar surface area (TPSA) is 57.9 Å². The smallest absolute Gasteiger partial charge is 0.267 e. The van der Waals surface area contributed by atoms with Crippen molar-refractivity contribution in [2.75, 3.05) is 24.5 Å². The highest BCUT2D eigenvalue weighted by molar-refractivity contribution is 8.26. The zero-order valence-electron chi connectivity index (χ0n) is 19.9. The van der Waals surface area contributed by atoms with E-state index in [2.05, 4.69) is 29.2 Å². The number of rotatable bonds is 5. The van der Waals surface area contributed by atoms with Crippen molar-refractivity contribution < 1.29 is 4.79 Å². The van der Waals surface area contributed by atoms with Crippen LogP contribution in [0.3, 0.4) is 0 Å². The molecule has 8 heteroatoms. The van der Waals surface area contributed by atoms with Gasteiger partial charge in [-0.2, -0.15) is 0 Å². The number of fused-ring (bicyclic) bond motifs is 1. The molecule has 0 spiro atoms. The fourth-order valence-electron chi connectivity index (χ4n) is 4.87. The van der Waals surface area contributed by atoms with E-state index in [4.69, 9.17) is 17.2 Å². The Labute approximate surface area is 214 Å². The molecule has 0 bridgehead atoms. The van der Waals surface area contributed by atoms with Gasteiger partial charge in [-0.25, -0.2) is 4.98 Å². The van der Waals surface area contributed by atoms with Crippen LogP contribution in [0, 0.1) is 12.8 Å². The lowest BCUT2D eigenvalue weighted by atomic mass is 9.90. The zero-order chi connectivity index (χ0) is 24.5. The molecule has 3 aromatic rings. The number of thioether (sulfide) groups is 1. The molecule has 0 radical (unpaired) electrons. The highest BCUT2D eigenvalue weighted by Crippen LogP contribution is 2.34. The van der Waals surface area contributed by atoms with Gasteiger partial charge in [-0.15, -0.1) is 0 Å². The van der Waals surface area contributed by atoms with E-state index in [1.807, 2.05) is 32.0 Å². The van der Waals surface area contributed by atoms with Crippen LogP contribution in [-0.2, 0) is 11.2 Å². The monoisotopic (exact) mass is 504 g/mol. The molecule has 0 N–H and O–H groups in total. The number of aromatic nitrogens is 2. The summed E-state index contributed by atoms with van der Waals surface area (Å²) >= 11 is 6.63. The lowest BCUT2D eigenvalue weighted by Crippen LogP contribution is -2.37. The molecule has 180 valence electrons. The summed E-state index contributed by atoms with van der Waals surface area (Å²) in [5.41, 5.74) is 3.24. The molecular formula is C27H28N4O2S2. The summed E-state index contributed by atoms with van der Waals surface area (Å²) in [7, 11) is 0. The number of amides is 1. The minimum atomic E-state index is -0.165. The molecule has 0 unspecified atom stereocenters. The zero-order valence-corrected chi connectivity index (χ0v) is 21.6. The molecule has 0 atom stereocenters. The number of likely N-dealkylation sites (N-methyl/N-ethyl adjacent to an activating group) is 1. The molecule has 5 rings (SSSR count). The first-order valence-corrected chi connectivity index (χ1v) is 13.2. The lowest BCUT2D eigenvalue weighted by molar-refractivity contribution is -0.121. The second kappa shape index (κ2) is 9.95. The van der Waals surface area contributed by atoms with Gasteiger partial charge in [0.25, 0.3) is 11.5 Å². The summed E-state index contributed by atoms with van der Waals surface area (Å²) in [6, 6.07) is 14.4. The number of hydrogen-bond donors (Lipinski definition) is 0. The molecule has 2 aliphatic rings. The number of piperidine rings is 1. The summed E-state index contributed by atoms with van der Waals surface area (Å²) < 4.78 is 2.10. The van der Waals surface area contributed by atoms with E-state index in [0.717, 1.165) is 37.9 Å². The summed E-state index contributed by atoms with van der Waals surface area (Å²) in [6.45, 7) is 6.01. The van der Waals surface area contributed by atoms with Crippen molar-refractivity contribution in [3.05, 3.63) is 80.6 Å². The number of benzene rings is 1. The van der Waals surface area contributed by atoms with E-state index in [1.54, 1.807) is 21.6 Å². The Bertz CT molecular complexity index is 1380. The number of anilines is 1. The van der Waals surface area contributed by atoms with E-state index in [0.29, 0.717) is 38.7 Å². The maximum Gasteiger partial charge on any atom is 0.267 e. The summed E-state index contributed by atoms with van der Waals surface area (Å²) in [6.07, 6.45) is 6.56. The standard InChI is InChI=1S/C27H28N4O2S2/c1-3-30-26(33)22(35-27(30)34)17-21-24(28-23-18(2)8-7-13-31(23)25(21)32)29-14-11-20(12-15-29)16-19-9-5-4-6-10-19/h4-10,13,17,20H,3,11-12,14-16H2,1-2H3/b22-17+. The quantitative estimate of drug-likeness (QED) is 0.371. The molecule has 4 heterocycles. The molecule has 0 aliphatic carbocycles. The minimum absolute atomic E-state index is 0.149. The van der Waals surface area contributed by atoms with Crippen molar-refractivity contribution in [2.45, 2.75) is 33.1 Å². The van der Waals surface area contributed by atoms with Gasteiger partial charge in [-0.05, 0) is 62.3 Å². The maximum atomic E-state index is 13.7. The van der Waals surface area contributed by atoms with Crippen LogP contribution in [0.1, 0.15) is 36.5 Å². The van der Waals surface area contributed by atoms with E-state index in [9.17, 15) is 9.59 Å². The number of aryl methyl sites for hydroxylation is 1. The van der Waals surface area contributed by atoms with Gasteiger partial charge >= 0.3 is 0 Å². The fraction of sp³-hybridized carbons (Fsp3) is 0.333. The van der Waals surface area contributed by atoms with Crippen LogP contribution >= 0.6 is 24.0 Å². The molecule has 2 aliphatic heterocycles. The van der Waals surface area contributed by atoms with Gasteiger partial charge in [-0.3, -0.25) is 18.9 Å². The Kier molecular flexibility index (Phi) is 6.75. The van der Waals surface area contributed by atoms with E-state index in [1.165, 1.54) is 17.3 Å². The minimum Gasteiger partial charge on any atom is -0.356 e. The molecular weight excluding hydrogens is 476 g/mol. The molecule has 2 aromatic heterocycles. The number of hydrogen-bond acceptors (Lipinski definition) is 6. The summed E-state index contributed by atoms with van der Waals surface area (Å²) in [4.78, 5) is 35.8. The second-order valence-corrected chi connectivity index (χ2v) is 10.8. The third-order valence-electron chi connectivity index (χ3n) is 6.81. The molecule has 1 amide bonds. The van der Waals surface area contributed by atoms with Crippen LogP contribution in [0.4, 0.5) is 5.82 Å². The van der Waals surface area contributed by atoms with E-state index < -0.39 is 0 Å². The SMILES string of the molecule is CCN1C(=O)/C(=C\c2c(N3CCC(Cc4ccccc4)CC3)nc3c(C)cccn3c2=O)SC1=S. The van der Waals surface area contributed by atoms with Crippen LogP contribution in [0.5, 0.6) is 0 Å². The van der Waals surface area contributed by atoms with Crippen LogP contribution in [-0.4, -0.2) is 44.1 Å². The molecule has 6 nitrogen and oxygen atoms in total. The fourth-order valence-corrected chi connectivity index (χ4v) is 6.23. The molecule has 2 saturated heterocycles. The molecule has 2 fully saturated rings. The van der Waals surface area contributed by atoms with Crippen molar-refractivity contribution in [1.82, 2.24) is 14.3 Å². The van der Waals surface area contributed by atoms with Gasteiger partial charge in [0.1, 0.15) is 15.8 Å². The van der Waals surface area contributed by atoms with Gasteiger partial charge in [0.15, 0.2) is 0 Å². The number of carbonyl (C=O) groups is 1. The van der Waals surface area contributed by atoms with Crippen molar-refractivity contribution in [3.8, 4) is 0 Å². The lowest BCUT2D eigenvalue weighted by Gasteiger charge is -2.33. The largest absolute Gasteiger partial charge is 0.356 e. The number of pyridine rings is 1. The van der Waals surface area contributed by atoms with Crippen molar-refractivity contribution in [2.24, 2.45) is 5.92 Å². The van der Waals surface area contributed by atoms with Gasteiger partial charge in [0.05, 0.1) is 10.5 Å². The first-order valence-electron chi connectivity index (χ1n) is 12.0. The second-order valence-electron chi connectivity index (χ2n) is 9.09. The molecule has 35 heavy (non-hydrogen) atoms. The molecule has 1 aromatic carbocycles. The predicted octanol–water partition coefficient (Wildman–Crippen LogP) is 4.68. The Morgan fingerprint density at radius 2 is 1.86 bits per heavy atom. The van der Waals surface area contributed by atoms with E-state index in [-0.39, 0.29) is 11.5 Å². The highest BCUT2D eigenvalue weighted by atomic mass is 32.2. The Balaban J connectivity index is 1.51. The number of carbonyl (C=O) groups excluding carboxylic acids is 1. The first kappa shape index (κ1) is 23.8. The van der Waals surface area contributed by atoms with Gasteiger partial charge in [0, 0.05) is 25.8 Å². The van der Waals surface area contributed by atoms with Gasteiger partial charge < -0.3 is 4.90 Å². The summed E-state index contributed by atoms with van der Waals surface area (Å²) in [5, 5.41) is 0. The van der Waals surface area contributed by atoms with Crippen LogP contribution in [0.25, 0.3) is 11.7 Å². The first-order chi connectivity index (χ1) is 17.0. The average molecular weight is 505 g/mol. The average Bonchev–Trinajstić information content (AvgIpc) is 3.14. The number of thiocarbonyl (C=S) groups is 1. The van der Waals surface area contributed by atoms with Gasteiger partial charge in [-0.1, -0.05) is 60.4 Å². The molecule has 0 saturated carbocycles. The van der Waals surface area contributed by atoms with Crippen molar-refractivity contribution in [1.29, 1.82) is 0 Å². The Morgan fingerprint density at radius 3 is 2.54 bits per heavy atom. The maximum absolute atomic E-state index is 13.7. The third-order valence-corrected chi connectivity index (χ3v) is 8.19. The van der Waals surface area contributed by atoms with Crippen molar-refractivity contribution in [3.63, 3.8) is 0 Å².